The summed E-state index contributed by atoms with van der Waals surface area (Å²) in [6.07, 6.45) is 0. The molecule has 0 rings (SSSR count). The molecule has 0 saturated heterocycles. The first-order valence-corrected chi connectivity index (χ1v) is 4.70. The second-order valence-electron chi connectivity index (χ2n) is 0. The predicted molar refractivity (Wildman–Crippen MR) is 74.7 cm³/mol. The number of rotatable bonds is 0. The van der Waals surface area contributed by atoms with Crippen LogP contribution in [0.15, 0.2) is 0 Å². The molecule has 0 heterocycles. The van der Waals surface area contributed by atoms with E-state index in [4.69, 9.17) is 24.5 Å². The van der Waals surface area contributed by atoms with E-state index < -0.39 is 0 Å². The molecule has 7 N–H and O–H groups in total. The van der Waals surface area contributed by atoms with E-state index in [0.717, 1.165) is 0 Å². The lowest BCUT2D eigenvalue weighted by atomic mass is 15.3. The van der Waals surface area contributed by atoms with Crippen LogP contribution in [-0.2, 0) is 0 Å². The van der Waals surface area contributed by atoms with Crippen LogP contribution in [0.25, 0.3) is 0 Å². The molecule has 0 spiro atoms. The molecular weight excluding hydrogens is 412 g/mol. The van der Waals surface area contributed by atoms with E-state index in [1.165, 1.54) is 0 Å². The monoisotopic (exact) mass is 416 g/mol. The first-order chi connectivity index (χ1) is 6.00. The van der Waals surface area contributed by atoms with E-state index >= 15 is 0 Å². The fourth-order valence-electron chi connectivity index (χ4n) is 0. The van der Waals surface area contributed by atoms with Crippen LogP contribution in [0.4, 0.5) is 0 Å². The maximum Gasteiger partial charge on any atom is 0.0579 e. The maximum atomic E-state index is 7.00. The molecule has 0 aromatic heterocycles. The Labute approximate surface area is 130 Å². The molecule has 16 heavy (non-hydrogen) atoms. The van der Waals surface area contributed by atoms with Crippen LogP contribution in [0.5, 0.6) is 0 Å². The molecule has 0 unspecified atom stereocenters. The topological polar surface area (TPSA) is 183 Å². The van der Waals surface area contributed by atoms with Crippen molar-refractivity contribution in [2.75, 3.05) is 0 Å². The highest BCUT2D eigenvalue weighted by atomic mass is 36.5. The van der Waals surface area contributed by atoms with Crippen LogP contribution in [0.2, 0.25) is 0 Å². The Morgan fingerprint density at radius 3 is 0.500 bits per heavy atom. The standard InChI is InChI=1S/3Cl2.ClHO.ClH.2O2.3H2O/c4*1-2;;2*1-2;;;/h;;;2H;1H;;;3*1H2. The highest BCUT2D eigenvalue weighted by molar-refractivity contribution is 6.86. The van der Waals surface area contributed by atoms with Gasteiger partial charge in [0, 0.05) is 85.0 Å². The summed E-state index contributed by atoms with van der Waals surface area (Å²) in [7, 11) is 24.7. The summed E-state index contributed by atoms with van der Waals surface area (Å²) in [6.45, 7) is 0. The molecule has 0 saturated carbocycles. The Hall–Kier alpha value is 1.36. The van der Waals surface area contributed by atoms with Crippen molar-refractivity contribution in [1.82, 2.24) is 0 Å². The summed E-state index contributed by atoms with van der Waals surface area (Å²) < 4.78 is 6.47. The maximum absolute atomic E-state index is 7.00. The van der Waals surface area contributed by atoms with Crippen molar-refractivity contribution in [3.63, 3.8) is 0 Å². The lowest BCUT2D eigenvalue weighted by Gasteiger charge is -1.13. The van der Waals surface area contributed by atoms with Gasteiger partial charge in [0.05, 0.1) is 11.9 Å². The zero-order valence-electron chi connectivity index (χ0n) is 6.63. The first-order valence-electron chi connectivity index (χ1n) is 0.931. The van der Waals surface area contributed by atoms with Gasteiger partial charge in [-0.2, -0.15) is 0 Å². The summed E-state index contributed by atoms with van der Waals surface area (Å²) in [5.74, 6) is 0. The minimum Gasteiger partial charge on any atom is -0.412 e. The van der Waals surface area contributed by atoms with Gasteiger partial charge in [-0.05, 0) is 0 Å². The van der Waals surface area contributed by atoms with Crippen molar-refractivity contribution in [3.8, 4) is 0 Å². The van der Waals surface area contributed by atoms with E-state index in [1.807, 2.05) is 0 Å². The number of halogens is 8. The van der Waals surface area contributed by atoms with E-state index in [2.05, 4.69) is 77.0 Å². The molecule has 0 amide bonds. The zero-order valence-corrected chi connectivity index (χ0v) is 12.7. The summed E-state index contributed by atoms with van der Waals surface area (Å²) >= 11 is 3.64. The van der Waals surface area contributed by atoms with Gasteiger partial charge in [0.15, 0.2) is 0 Å². The van der Waals surface area contributed by atoms with Crippen LogP contribution in [0.1, 0.15) is 0 Å². The lowest BCUT2D eigenvalue weighted by molar-refractivity contribution is 0.632. The van der Waals surface area contributed by atoms with Crippen LogP contribution < -0.4 is 0 Å². The molecule has 0 aliphatic rings. The summed E-state index contributed by atoms with van der Waals surface area (Å²) in [5.41, 5.74) is 0. The molecule has 0 atom stereocenters. The molecule has 0 aromatic rings. The van der Waals surface area contributed by atoms with Gasteiger partial charge in [-0.15, -0.1) is 12.4 Å². The summed E-state index contributed by atoms with van der Waals surface area (Å²) in [4.78, 5) is 28.0. The van der Waals surface area contributed by atoms with Gasteiger partial charge < -0.3 is 16.4 Å². The van der Waals surface area contributed by atoms with Gasteiger partial charge in [-0.25, -0.2) is 0 Å². The fourth-order valence-corrected chi connectivity index (χ4v) is 0. The average molecular weight is 420 g/mol. The van der Waals surface area contributed by atoms with E-state index in [1.54, 1.807) is 0 Å². The predicted octanol–water partition coefficient (Wildman–Crippen LogP) is 2.35. The van der Waals surface area contributed by atoms with Gasteiger partial charge in [0.1, 0.15) is 0 Å². The van der Waals surface area contributed by atoms with E-state index in [9.17, 15) is 0 Å². The van der Waals surface area contributed by atoms with Crippen molar-refractivity contribution < 1.29 is 21.1 Å². The summed E-state index contributed by atoms with van der Waals surface area (Å²) in [6, 6.07) is 0. The van der Waals surface area contributed by atoms with E-state index in [-0.39, 0.29) is 28.8 Å². The number of hydrogen-bond acceptors (Lipinski definition) is 5. The highest BCUT2D eigenvalue weighted by Gasteiger charge is 1.00. The molecular formula is H8Cl8O8. The SMILES string of the molecule is Cl.ClCl.ClCl.ClCl.O.O.O.O=O.O=O.OCl. The third-order valence-corrected chi connectivity index (χ3v) is 0. The lowest BCUT2D eigenvalue weighted by Crippen LogP contribution is -0.913. The van der Waals surface area contributed by atoms with Crippen LogP contribution in [-0.4, -0.2) is 21.1 Å². The van der Waals surface area contributed by atoms with Crippen molar-refractivity contribution in [1.29, 1.82) is 0 Å². The molecule has 0 radical (unpaired) electrons. The third-order valence-electron chi connectivity index (χ3n) is 0. The highest BCUT2D eigenvalue weighted by Crippen LogP contribution is 1.69. The largest absolute Gasteiger partial charge is 0.412 e. The molecule has 16 heteroatoms. The Kier molecular flexibility index (Phi) is 11200. The van der Waals surface area contributed by atoms with Gasteiger partial charge in [-0.1, -0.05) is 0 Å². The van der Waals surface area contributed by atoms with Crippen LogP contribution in [0.3, 0.4) is 0 Å². The summed E-state index contributed by atoms with van der Waals surface area (Å²) in [5, 5.41) is 0. The Morgan fingerprint density at radius 2 is 0.500 bits per heavy atom. The quantitative estimate of drug-likeness (QED) is 0.630. The Morgan fingerprint density at radius 1 is 0.500 bits per heavy atom. The van der Waals surface area contributed by atoms with Gasteiger partial charge in [-0.3, -0.25) is 4.66 Å². The second-order valence-corrected chi connectivity index (χ2v) is 0. The van der Waals surface area contributed by atoms with Crippen molar-refractivity contribution in [2.45, 2.75) is 0 Å². The second kappa shape index (κ2) is 2090. The molecule has 112 valence electrons. The van der Waals surface area contributed by atoms with Crippen LogP contribution >= 0.6 is 89.4 Å². The first kappa shape index (κ1) is 85.8. The minimum atomic E-state index is 0. The van der Waals surface area contributed by atoms with Gasteiger partial charge in [0.25, 0.3) is 0 Å². The number of hydrogen-bond donors (Lipinski definition) is 1. The van der Waals surface area contributed by atoms with Gasteiger partial charge in [0.2, 0.25) is 0 Å². The normalized spacial score (nSPS) is 2.00. The Balaban J connectivity index is -0.00000000321. The van der Waals surface area contributed by atoms with Crippen LogP contribution in [0, 0.1) is 19.9 Å². The van der Waals surface area contributed by atoms with Crippen molar-refractivity contribution in [2.24, 2.45) is 0 Å². The average Bonchev–Trinajstić information content (AvgIpc) is 2.33. The van der Waals surface area contributed by atoms with Gasteiger partial charge >= 0.3 is 0 Å². The molecule has 0 aliphatic heterocycles. The molecule has 0 bridgehead atoms. The molecule has 8 nitrogen and oxygen atoms in total. The van der Waals surface area contributed by atoms with Crippen molar-refractivity contribution in [3.05, 3.63) is 19.9 Å². The zero-order chi connectivity index (χ0) is 12.0. The third kappa shape index (κ3) is 1710. The van der Waals surface area contributed by atoms with E-state index in [0.29, 0.717) is 0 Å². The molecule has 0 aromatic carbocycles. The van der Waals surface area contributed by atoms with Crippen molar-refractivity contribution >= 4 is 89.4 Å². The fraction of sp³-hybridized carbons (Fsp3) is 0. The smallest absolute Gasteiger partial charge is 0.0579 e. The Bertz CT molecular complexity index is 18.0. The molecule has 0 aliphatic carbocycles. The molecule has 0 fully saturated rings. The minimum absolute atomic E-state index is 0.